The molecule has 16 heavy (non-hydrogen) atoms. The Labute approximate surface area is 99.4 Å². The highest BCUT2D eigenvalue weighted by Gasteiger charge is 2.21. The van der Waals surface area contributed by atoms with Crippen LogP contribution in [0.2, 0.25) is 5.02 Å². The van der Waals surface area contributed by atoms with Crippen molar-refractivity contribution in [3.63, 3.8) is 0 Å². The van der Waals surface area contributed by atoms with Gasteiger partial charge in [0.1, 0.15) is 11.9 Å². The summed E-state index contributed by atoms with van der Waals surface area (Å²) in [7, 11) is 0. The van der Waals surface area contributed by atoms with Gasteiger partial charge < -0.3 is 4.74 Å². The van der Waals surface area contributed by atoms with E-state index in [4.69, 9.17) is 16.3 Å². The molecule has 1 aromatic carbocycles. The third kappa shape index (κ3) is 3.03. The van der Waals surface area contributed by atoms with E-state index >= 15 is 0 Å². The molecular weight excluding hydrogens is 231 g/mol. The molecule has 1 unspecified atom stereocenters. The lowest BCUT2D eigenvalue weighted by atomic mass is 10.0. The van der Waals surface area contributed by atoms with Crippen molar-refractivity contribution in [3.05, 3.63) is 34.6 Å². The van der Waals surface area contributed by atoms with Gasteiger partial charge in [0, 0.05) is 11.6 Å². The number of ether oxygens (including phenoxy) is 1. The van der Waals surface area contributed by atoms with Gasteiger partial charge in [-0.15, -0.1) is 0 Å². The zero-order valence-electron chi connectivity index (χ0n) is 9.30. The number of hydrogen-bond acceptors (Lipinski definition) is 2. The Morgan fingerprint density at radius 2 is 2.19 bits per heavy atom. The SMILES string of the molecule is CCOC(CC)C(=O)c1ccc(Cl)cc1F. The molecule has 0 aliphatic carbocycles. The molecule has 0 N–H and O–H groups in total. The highest BCUT2D eigenvalue weighted by atomic mass is 35.5. The average molecular weight is 245 g/mol. The molecule has 0 amide bonds. The molecule has 0 bridgehead atoms. The van der Waals surface area contributed by atoms with Crippen LogP contribution in [0.25, 0.3) is 0 Å². The Balaban J connectivity index is 2.94. The number of rotatable bonds is 5. The van der Waals surface area contributed by atoms with E-state index in [1.54, 1.807) is 6.92 Å². The third-order valence-corrected chi connectivity index (χ3v) is 2.46. The standard InChI is InChI=1S/C12H14ClFO2/c1-3-11(16-4-2)12(15)9-6-5-8(13)7-10(9)14/h5-7,11H,3-4H2,1-2H3. The summed E-state index contributed by atoms with van der Waals surface area (Å²) in [5.74, 6) is -0.936. The van der Waals surface area contributed by atoms with Crippen LogP contribution >= 0.6 is 11.6 Å². The summed E-state index contributed by atoms with van der Waals surface area (Å²) in [5.41, 5.74) is 0.0321. The van der Waals surface area contributed by atoms with E-state index in [1.807, 2.05) is 6.92 Å². The van der Waals surface area contributed by atoms with Gasteiger partial charge in [0.2, 0.25) is 0 Å². The van der Waals surface area contributed by atoms with E-state index in [-0.39, 0.29) is 16.4 Å². The van der Waals surface area contributed by atoms with Crippen molar-refractivity contribution in [2.75, 3.05) is 6.61 Å². The summed E-state index contributed by atoms with van der Waals surface area (Å²) in [6.07, 6.45) is -0.0601. The van der Waals surface area contributed by atoms with Gasteiger partial charge in [-0.05, 0) is 31.5 Å². The van der Waals surface area contributed by atoms with Crippen LogP contribution in [0, 0.1) is 5.82 Å². The van der Waals surface area contributed by atoms with Gasteiger partial charge in [0.15, 0.2) is 5.78 Å². The molecule has 1 atom stereocenters. The lowest BCUT2D eigenvalue weighted by Gasteiger charge is -2.14. The molecule has 0 aliphatic heterocycles. The van der Waals surface area contributed by atoms with Crippen LogP contribution in [-0.2, 0) is 4.74 Å². The smallest absolute Gasteiger partial charge is 0.194 e. The Morgan fingerprint density at radius 3 is 2.69 bits per heavy atom. The Bertz CT molecular complexity index is 379. The van der Waals surface area contributed by atoms with Crippen LogP contribution in [0.4, 0.5) is 4.39 Å². The first kappa shape index (κ1) is 13.1. The zero-order valence-corrected chi connectivity index (χ0v) is 10.1. The minimum absolute atomic E-state index is 0.0321. The number of carbonyl (C=O) groups excluding carboxylic acids is 1. The number of benzene rings is 1. The third-order valence-electron chi connectivity index (χ3n) is 2.23. The van der Waals surface area contributed by atoms with Crippen molar-refractivity contribution in [3.8, 4) is 0 Å². The van der Waals surface area contributed by atoms with E-state index in [0.29, 0.717) is 13.0 Å². The molecule has 0 spiro atoms. The van der Waals surface area contributed by atoms with E-state index in [0.717, 1.165) is 6.07 Å². The Kier molecular flexibility index (Phi) is 4.90. The molecule has 0 fully saturated rings. The fourth-order valence-corrected chi connectivity index (χ4v) is 1.60. The molecule has 0 heterocycles. The number of Topliss-reactive ketones (excluding diaryl/α,β-unsaturated/α-hetero) is 1. The molecule has 1 aromatic rings. The highest BCUT2D eigenvalue weighted by molar-refractivity contribution is 6.30. The van der Waals surface area contributed by atoms with E-state index in [2.05, 4.69) is 0 Å². The first-order valence-corrected chi connectivity index (χ1v) is 5.58. The monoisotopic (exact) mass is 244 g/mol. The second-order valence-electron chi connectivity index (χ2n) is 3.34. The van der Waals surface area contributed by atoms with E-state index in [1.165, 1.54) is 12.1 Å². The normalized spacial score (nSPS) is 12.5. The maximum absolute atomic E-state index is 13.5. The summed E-state index contributed by atoms with van der Waals surface area (Å²) >= 11 is 5.61. The predicted molar refractivity (Wildman–Crippen MR) is 61.4 cm³/mol. The molecule has 1 rings (SSSR count). The topological polar surface area (TPSA) is 26.3 Å². The first-order valence-electron chi connectivity index (χ1n) is 5.21. The molecule has 0 saturated heterocycles. The minimum atomic E-state index is -0.601. The second kappa shape index (κ2) is 5.97. The van der Waals surface area contributed by atoms with E-state index < -0.39 is 11.9 Å². The number of halogens is 2. The van der Waals surface area contributed by atoms with Gasteiger partial charge in [-0.1, -0.05) is 18.5 Å². The molecule has 0 saturated carbocycles. The van der Waals surface area contributed by atoms with Crippen LogP contribution in [0.5, 0.6) is 0 Å². The minimum Gasteiger partial charge on any atom is -0.370 e. The van der Waals surface area contributed by atoms with Crippen LogP contribution in [-0.4, -0.2) is 18.5 Å². The largest absolute Gasteiger partial charge is 0.370 e. The van der Waals surface area contributed by atoms with Gasteiger partial charge in [0.25, 0.3) is 0 Å². The molecule has 0 radical (unpaired) electrons. The van der Waals surface area contributed by atoms with Gasteiger partial charge in [-0.2, -0.15) is 0 Å². The summed E-state index contributed by atoms with van der Waals surface area (Å²) in [5, 5.41) is 0.276. The summed E-state index contributed by atoms with van der Waals surface area (Å²) in [6.45, 7) is 4.06. The Morgan fingerprint density at radius 1 is 1.50 bits per heavy atom. The maximum atomic E-state index is 13.5. The molecule has 2 nitrogen and oxygen atoms in total. The van der Waals surface area contributed by atoms with Crippen LogP contribution < -0.4 is 0 Å². The molecular formula is C12H14ClFO2. The fourth-order valence-electron chi connectivity index (χ4n) is 1.44. The van der Waals surface area contributed by atoms with Gasteiger partial charge in [-0.3, -0.25) is 4.79 Å². The zero-order chi connectivity index (χ0) is 12.1. The van der Waals surface area contributed by atoms with Crippen molar-refractivity contribution in [2.45, 2.75) is 26.4 Å². The van der Waals surface area contributed by atoms with Crippen molar-refractivity contribution in [1.82, 2.24) is 0 Å². The summed E-state index contributed by atoms with van der Waals surface area (Å²) < 4.78 is 18.7. The van der Waals surface area contributed by atoms with Crippen molar-refractivity contribution >= 4 is 17.4 Å². The average Bonchev–Trinajstić information content (AvgIpc) is 2.25. The van der Waals surface area contributed by atoms with Gasteiger partial charge >= 0.3 is 0 Å². The summed E-state index contributed by atoms with van der Waals surface area (Å²) in [6, 6.07) is 4.02. The molecule has 0 aliphatic rings. The van der Waals surface area contributed by atoms with Crippen molar-refractivity contribution in [2.24, 2.45) is 0 Å². The molecule has 88 valence electrons. The summed E-state index contributed by atoms with van der Waals surface area (Å²) in [4.78, 5) is 11.9. The van der Waals surface area contributed by atoms with Crippen LogP contribution in [0.15, 0.2) is 18.2 Å². The van der Waals surface area contributed by atoms with Crippen molar-refractivity contribution < 1.29 is 13.9 Å². The fraction of sp³-hybridized carbons (Fsp3) is 0.417. The van der Waals surface area contributed by atoms with Crippen molar-refractivity contribution in [1.29, 1.82) is 0 Å². The van der Waals surface area contributed by atoms with E-state index in [9.17, 15) is 9.18 Å². The lowest BCUT2D eigenvalue weighted by Crippen LogP contribution is -2.24. The molecule has 4 heteroatoms. The second-order valence-corrected chi connectivity index (χ2v) is 3.78. The van der Waals surface area contributed by atoms with Gasteiger partial charge in [-0.25, -0.2) is 4.39 Å². The quantitative estimate of drug-likeness (QED) is 0.742. The Hall–Kier alpha value is -0.930. The number of ketones is 1. The lowest BCUT2D eigenvalue weighted by molar-refractivity contribution is 0.0440. The molecule has 0 aromatic heterocycles. The number of hydrogen-bond donors (Lipinski definition) is 0. The first-order chi connectivity index (χ1) is 7.60. The van der Waals surface area contributed by atoms with Crippen LogP contribution in [0.3, 0.4) is 0 Å². The number of carbonyl (C=O) groups is 1. The predicted octanol–water partition coefficient (Wildman–Crippen LogP) is 3.48. The van der Waals surface area contributed by atoms with Crippen LogP contribution in [0.1, 0.15) is 30.6 Å². The highest BCUT2D eigenvalue weighted by Crippen LogP contribution is 2.17. The maximum Gasteiger partial charge on any atom is 0.194 e. The van der Waals surface area contributed by atoms with Gasteiger partial charge in [0.05, 0.1) is 5.56 Å².